The van der Waals surface area contributed by atoms with Crippen LogP contribution < -0.4 is 5.32 Å². The number of amides is 1. The first kappa shape index (κ1) is 23.6. The average molecular weight is 508 g/mol. The summed E-state index contributed by atoms with van der Waals surface area (Å²) in [4.78, 5) is 26.7. The van der Waals surface area contributed by atoms with Crippen LogP contribution in [0.1, 0.15) is 47.3 Å². The van der Waals surface area contributed by atoms with Gasteiger partial charge in [-0.05, 0) is 61.4 Å². The van der Waals surface area contributed by atoms with E-state index >= 15 is 0 Å². The summed E-state index contributed by atoms with van der Waals surface area (Å²) in [5.74, 6) is -0.739. The van der Waals surface area contributed by atoms with E-state index < -0.39 is 5.97 Å². The van der Waals surface area contributed by atoms with Gasteiger partial charge >= 0.3 is 5.97 Å². The van der Waals surface area contributed by atoms with Crippen molar-refractivity contribution >= 4 is 45.7 Å². The molecule has 1 amide bonds. The Kier molecular flexibility index (Phi) is 6.88. The lowest BCUT2D eigenvalue weighted by Crippen LogP contribution is -2.38. The Morgan fingerprint density at radius 1 is 1.09 bits per heavy atom. The molecule has 0 saturated heterocycles. The largest absolute Gasteiger partial charge is 0.481 e. The normalized spacial score (nSPS) is 18.0. The smallest absolute Gasteiger partial charge is 0.303 e. The Morgan fingerprint density at radius 2 is 1.86 bits per heavy atom. The SMILES string of the molecule is O=C(O)CC1CCC(NC(=O)c2cc(Cl)cc3cnn(Cc4ccc(-c5ccccc5)s4)c23)CC1. The van der Waals surface area contributed by atoms with Gasteiger partial charge in [0, 0.05) is 32.6 Å². The van der Waals surface area contributed by atoms with E-state index in [1.165, 1.54) is 10.4 Å². The molecular formula is C27H26ClN3O3S. The van der Waals surface area contributed by atoms with E-state index in [9.17, 15) is 9.59 Å². The van der Waals surface area contributed by atoms with Gasteiger partial charge in [0.05, 0.1) is 23.8 Å². The number of aliphatic carboxylic acids is 1. The van der Waals surface area contributed by atoms with Crippen molar-refractivity contribution in [2.45, 2.75) is 44.7 Å². The summed E-state index contributed by atoms with van der Waals surface area (Å²) in [6.07, 6.45) is 5.13. The average Bonchev–Trinajstić information content (AvgIpc) is 3.47. The van der Waals surface area contributed by atoms with Gasteiger partial charge in [-0.15, -0.1) is 11.3 Å². The van der Waals surface area contributed by atoms with E-state index in [0.29, 0.717) is 17.1 Å². The van der Waals surface area contributed by atoms with Gasteiger partial charge in [-0.1, -0.05) is 41.9 Å². The molecule has 0 bridgehead atoms. The summed E-state index contributed by atoms with van der Waals surface area (Å²) in [6.45, 7) is 0.559. The minimum absolute atomic E-state index is 0.0312. The Balaban J connectivity index is 1.35. The molecule has 6 nitrogen and oxygen atoms in total. The maximum Gasteiger partial charge on any atom is 0.303 e. The van der Waals surface area contributed by atoms with Crippen molar-refractivity contribution in [1.29, 1.82) is 0 Å². The molecule has 0 aliphatic heterocycles. The maximum absolute atomic E-state index is 13.3. The number of rotatable bonds is 7. The van der Waals surface area contributed by atoms with Crippen LogP contribution in [0.15, 0.2) is 60.8 Å². The van der Waals surface area contributed by atoms with Gasteiger partial charge in [0.1, 0.15) is 0 Å². The Labute approximate surface area is 212 Å². The predicted molar refractivity (Wildman–Crippen MR) is 139 cm³/mol. The second kappa shape index (κ2) is 10.2. The van der Waals surface area contributed by atoms with E-state index in [2.05, 4.69) is 34.7 Å². The van der Waals surface area contributed by atoms with Crippen molar-refractivity contribution in [2.24, 2.45) is 5.92 Å². The van der Waals surface area contributed by atoms with E-state index in [1.807, 2.05) is 28.9 Å². The van der Waals surface area contributed by atoms with Crippen molar-refractivity contribution in [3.8, 4) is 10.4 Å². The van der Waals surface area contributed by atoms with Gasteiger partial charge in [-0.25, -0.2) is 0 Å². The van der Waals surface area contributed by atoms with Crippen molar-refractivity contribution in [3.05, 3.63) is 76.3 Å². The number of carboxylic acids is 1. The molecule has 1 aliphatic carbocycles. The number of nitrogens with zero attached hydrogens (tertiary/aromatic N) is 2. The van der Waals surface area contributed by atoms with Gasteiger partial charge in [-0.3, -0.25) is 14.3 Å². The molecule has 0 atom stereocenters. The number of carbonyl (C=O) groups is 2. The van der Waals surface area contributed by atoms with Crippen LogP contribution in [0.5, 0.6) is 0 Å². The van der Waals surface area contributed by atoms with E-state index in [0.717, 1.165) is 41.5 Å². The third-order valence-corrected chi connectivity index (χ3v) is 7.95. The number of hydrogen-bond donors (Lipinski definition) is 2. The lowest BCUT2D eigenvalue weighted by molar-refractivity contribution is -0.138. The number of benzene rings is 2. The second-order valence-electron chi connectivity index (χ2n) is 9.11. The van der Waals surface area contributed by atoms with E-state index in [1.54, 1.807) is 23.6 Å². The van der Waals surface area contributed by atoms with Crippen LogP contribution in [0.2, 0.25) is 5.02 Å². The molecule has 0 spiro atoms. The number of carboxylic acid groups (broad SMARTS) is 1. The third-order valence-electron chi connectivity index (χ3n) is 6.61. The van der Waals surface area contributed by atoms with Gasteiger partial charge in [0.25, 0.3) is 5.91 Å². The van der Waals surface area contributed by atoms with Crippen LogP contribution in [-0.4, -0.2) is 32.8 Å². The summed E-state index contributed by atoms with van der Waals surface area (Å²) in [7, 11) is 0. The van der Waals surface area contributed by atoms with Crippen LogP contribution in [0.4, 0.5) is 0 Å². The van der Waals surface area contributed by atoms with Crippen LogP contribution in [0, 0.1) is 5.92 Å². The fraction of sp³-hybridized carbons (Fsp3) is 0.296. The number of carbonyl (C=O) groups excluding carboxylic acids is 1. The van der Waals surface area contributed by atoms with Crippen LogP contribution >= 0.6 is 22.9 Å². The summed E-state index contributed by atoms with van der Waals surface area (Å²) < 4.78 is 1.87. The van der Waals surface area contributed by atoms with Gasteiger partial charge in [-0.2, -0.15) is 5.10 Å². The first-order valence-corrected chi connectivity index (χ1v) is 13.0. The fourth-order valence-electron chi connectivity index (χ4n) is 4.88. The molecule has 8 heteroatoms. The zero-order valence-corrected chi connectivity index (χ0v) is 20.7. The second-order valence-corrected chi connectivity index (χ2v) is 10.7. The summed E-state index contributed by atoms with van der Waals surface area (Å²) in [5.41, 5.74) is 2.46. The highest BCUT2D eigenvalue weighted by atomic mass is 35.5. The predicted octanol–water partition coefficient (Wildman–Crippen LogP) is 6.23. The van der Waals surface area contributed by atoms with Crippen molar-refractivity contribution in [2.75, 3.05) is 0 Å². The first-order valence-electron chi connectivity index (χ1n) is 11.8. The first-order chi connectivity index (χ1) is 17.0. The molecule has 4 aromatic rings. The van der Waals surface area contributed by atoms with E-state index in [-0.39, 0.29) is 24.3 Å². The van der Waals surface area contributed by atoms with Crippen molar-refractivity contribution < 1.29 is 14.7 Å². The summed E-state index contributed by atoms with van der Waals surface area (Å²) in [6, 6.07) is 18.0. The van der Waals surface area contributed by atoms with Crippen molar-refractivity contribution in [1.82, 2.24) is 15.1 Å². The number of hydrogen-bond acceptors (Lipinski definition) is 4. The van der Waals surface area contributed by atoms with Crippen molar-refractivity contribution in [3.63, 3.8) is 0 Å². The Bertz CT molecular complexity index is 1360. The van der Waals surface area contributed by atoms with Gasteiger partial charge in [0.2, 0.25) is 0 Å². The minimum atomic E-state index is -0.756. The molecule has 0 unspecified atom stereocenters. The highest BCUT2D eigenvalue weighted by Gasteiger charge is 2.25. The number of aromatic nitrogens is 2. The number of fused-ring (bicyclic) bond motifs is 1. The number of nitrogens with one attached hydrogen (secondary N) is 1. The molecule has 2 heterocycles. The van der Waals surface area contributed by atoms with Crippen LogP contribution in [-0.2, 0) is 11.3 Å². The molecule has 180 valence electrons. The van der Waals surface area contributed by atoms with Gasteiger partial charge in [0.15, 0.2) is 0 Å². The maximum atomic E-state index is 13.3. The zero-order chi connectivity index (χ0) is 24.4. The molecule has 0 radical (unpaired) electrons. The molecule has 1 saturated carbocycles. The highest BCUT2D eigenvalue weighted by molar-refractivity contribution is 7.15. The molecule has 1 fully saturated rings. The molecule has 2 aromatic carbocycles. The zero-order valence-electron chi connectivity index (χ0n) is 19.1. The summed E-state index contributed by atoms with van der Waals surface area (Å²) >= 11 is 8.06. The standard InChI is InChI=1S/C27H26ClN3O3S/c28-20-13-19-15-29-31(16-22-10-11-24(35-22)18-4-2-1-3-5-18)26(19)23(14-20)27(34)30-21-8-6-17(7-9-21)12-25(32)33/h1-5,10-11,13-15,17,21H,6-9,12,16H2,(H,30,34)(H,32,33). The number of halogens is 1. The molecule has 35 heavy (non-hydrogen) atoms. The third kappa shape index (κ3) is 5.41. The fourth-order valence-corrected chi connectivity index (χ4v) is 6.10. The van der Waals surface area contributed by atoms with Gasteiger partial charge < -0.3 is 10.4 Å². The quantitative estimate of drug-likeness (QED) is 0.310. The monoisotopic (exact) mass is 507 g/mol. The Hall–Kier alpha value is -3.16. The highest BCUT2D eigenvalue weighted by Crippen LogP contribution is 2.31. The minimum Gasteiger partial charge on any atom is -0.481 e. The molecule has 1 aliphatic rings. The lowest BCUT2D eigenvalue weighted by atomic mass is 9.84. The van der Waals surface area contributed by atoms with E-state index in [4.69, 9.17) is 16.7 Å². The molecular weight excluding hydrogens is 482 g/mol. The topological polar surface area (TPSA) is 84.2 Å². The molecule has 2 N–H and O–H groups in total. The summed E-state index contributed by atoms with van der Waals surface area (Å²) in [5, 5.41) is 18.1. The molecule has 5 rings (SSSR count). The van der Waals surface area contributed by atoms with Crippen LogP contribution in [0.3, 0.4) is 0 Å². The Morgan fingerprint density at radius 3 is 2.60 bits per heavy atom. The lowest BCUT2D eigenvalue weighted by Gasteiger charge is -2.28. The van der Waals surface area contributed by atoms with Crippen LogP contribution in [0.25, 0.3) is 21.3 Å². The number of thiophene rings is 1. The molecule has 2 aromatic heterocycles.